The number of unbranched alkanes of at least 4 members (excludes halogenated alkanes) is 5. The number of hydrogen-bond donors (Lipinski definition) is 2. The fourth-order valence-electron chi connectivity index (χ4n) is 3.08. The number of nitrogens with one attached hydrogen (secondary N) is 1. The molecule has 1 atom stereocenters. The highest BCUT2D eigenvalue weighted by Crippen LogP contribution is 2.15. The summed E-state index contributed by atoms with van der Waals surface area (Å²) in [5, 5.41) is 3.20. The van der Waals surface area contributed by atoms with E-state index in [1.54, 1.807) is 0 Å². The zero-order chi connectivity index (χ0) is 18.6. The van der Waals surface area contributed by atoms with Crippen molar-refractivity contribution in [1.29, 1.82) is 0 Å². The molecule has 6 nitrogen and oxygen atoms in total. The second kappa shape index (κ2) is 11.7. The van der Waals surface area contributed by atoms with Crippen LogP contribution in [-0.4, -0.2) is 43.3 Å². The van der Waals surface area contributed by atoms with E-state index in [2.05, 4.69) is 46.2 Å². The normalized spacial score (nSPS) is 18.2. The molecule has 0 bridgehead atoms. The van der Waals surface area contributed by atoms with Crippen LogP contribution in [0.1, 0.15) is 57.9 Å². The minimum Gasteiger partial charge on any atom is -0.375 e. The van der Waals surface area contributed by atoms with Gasteiger partial charge >= 0.3 is 0 Å². The maximum Gasteiger partial charge on any atom is 0.188 e. The Morgan fingerprint density at radius 1 is 1.31 bits per heavy atom. The molecule has 0 radical (unpaired) electrons. The standard InChI is InChI=1S/C20H35N5O/c1-3-4-5-6-7-8-11-22-20(21)24-15-18-9-10-19(23-14-18)25-12-13-26-17(2)16-25/h9-10,14,17H,3-8,11-13,15-16H2,1-2H3,(H3,21,22,24). The van der Waals surface area contributed by atoms with E-state index in [1.165, 1.54) is 32.1 Å². The fraction of sp³-hybridized carbons (Fsp3) is 0.700. The summed E-state index contributed by atoms with van der Waals surface area (Å²) in [6.07, 6.45) is 9.83. The number of ether oxygens (including phenoxy) is 1. The highest BCUT2D eigenvalue weighted by Gasteiger charge is 2.17. The Morgan fingerprint density at radius 2 is 2.12 bits per heavy atom. The number of nitrogens with two attached hydrogens (primary N) is 1. The van der Waals surface area contributed by atoms with Gasteiger partial charge in [0.15, 0.2) is 5.96 Å². The molecule has 1 aliphatic heterocycles. The number of rotatable bonds is 10. The van der Waals surface area contributed by atoms with Gasteiger partial charge in [0.25, 0.3) is 0 Å². The SMILES string of the molecule is CCCCCCCCNC(N)=NCc1ccc(N2CCOC(C)C2)nc1. The van der Waals surface area contributed by atoms with Gasteiger partial charge in [0.2, 0.25) is 0 Å². The van der Waals surface area contributed by atoms with Crippen molar-refractivity contribution < 1.29 is 4.74 Å². The predicted molar refractivity (Wildman–Crippen MR) is 109 cm³/mol. The predicted octanol–water partition coefficient (Wildman–Crippen LogP) is 3.07. The number of aromatic nitrogens is 1. The third kappa shape index (κ3) is 7.60. The van der Waals surface area contributed by atoms with E-state index in [9.17, 15) is 0 Å². The van der Waals surface area contributed by atoms with Crippen LogP contribution in [0.5, 0.6) is 0 Å². The van der Waals surface area contributed by atoms with Crippen molar-refractivity contribution in [3.63, 3.8) is 0 Å². The third-order valence-electron chi connectivity index (χ3n) is 4.64. The first-order valence-electron chi connectivity index (χ1n) is 10.0. The number of nitrogens with zero attached hydrogens (tertiary/aromatic N) is 3. The van der Waals surface area contributed by atoms with Gasteiger partial charge in [0.05, 0.1) is 19.3 Å². The number of morpholine rings is 1. The number of pyridine rings is 1. The molecular formula is C20H35N5O. The van der Waals surface area contributed by atoms with Gasteiger partial charge in [-0.1, -0.05) is 45.1 Å². The Bertz CT molecular complexity index is 532. The Hall–Kier alpha value is -1.82. The first-order chi connectivity index (χ1) is 12.7. The van der Waals surface area contributed by atoms with Crippen LogP contribution in [0.3, 0.4) is 0 Å². The summed E-state index contributed by atoms with van der Waals surface area (Å²) in [5.41, 5.74) is 7.01. The molecular weight excluding hydrogens is 326 g/mol. The molecule has 1 aromatic heterocycles. The van der Waals surface area contributed by atoms with E-state index in [-0.39, 0.29) is 6.10 Å². The maximum absolute atomic E-state index is 5.94. The number of anilines is 1. The van der Waals surface area contributed by atoms with Crippen molar-refractivity contribution in [3.8, 4) is 0 Å². The van der Waals surface area contributed by atoms with Crippen LogP contribution in [0, 0.1) is 0 Å². The molecule has 2 rings (SSSR count). The first-order valence-corrected chi connectivity index (χ1v) is 10.0. The molecule has 146 valence electrons. The summed E-state index contributed by atoms with van der Waals surface area (Å²) < 4.78 is 5.57. The van der Waals surface area contributed by atoms with Crippen molar-refractivity contribution in [1.82, 2.24) is 10.3 Å². The molecule has 1 aromatic rings. The van der Waals surface area contributed by atoms with Crippen LogP contribution in [0.25, 0.3) is 0 Å². The molecule has 1 fully saturated rings. The van der Waals surface area contributed by atoms with E-state index in [0.29, 0.717) is 12.5 Å². The average molecular weight is 362 g/mol. The molecule has 6 heteroatoms. The minimum absolute atomic E-state index is 0.257. The van der Waals surface area contributed by atoms with E-state index in [0.717, 1.165) is 44.0 Å². The zero-order valence-corrected chi connectivity index (χ0v) is 16.4. The lowest BCUT2D eigenvalue weighted by Crippen LogP contribution is -2.41. The Balaban J connectivity index is 1.67. The van der Waals surface area contributed by atoms with Gasteiger partial charge in [-0.2, -0.15) is 0 Å². The van der Waals surface area contributed by atoms with Crippen LogP contribution in [0.4, 0.5) is 5.82 Å². The van der Waals surface area contributed by atoms with Crippen molar-refractivity contribution >= 4 is 11.8 Å². The summed E-state index contributed by atoms with van der Waals surface area (Å²) in [6.45, 7) is 8.33. The topological polar surface area (TPSA) is 75.8 Å². The highest BCUT2D eigenvalue weighted by atomic mass is 16.5. The van der Waals surface area contributed by atoms with Crippen LogP contribution < -0.4 is 16.0 Å². The summed E-state index contributed by atoms with van der Waals surface area (Å²) in [5.74, 6) is 1.52. The molecule has 2 heterocycles. The van der Waals surface area contributed by atoms with Crippen LogP contribution in [0.15, 0.2) is 23.3 Å². The number of hydrogen-bond acceptors (Lipinski definition) is 4. The van der Waals surface area contributed by atoms with Crippen molar-refractivity contribution in [2.45, 2.75) is 65.0 Å². The molecule has 1 saturated heterocycles. The molecule has 1 aliphatic rings. The lowest BCUT2D eigenvalue weighted by Gasteiger charge is -2.32. The monoisotopic (exact) mass is 361 g/mol. The Kier molecular flexibility index (Phi) is 9.24. The van der Waals surface area contributed by atoms with Gasteiger partial charge in [-0.25, -0.2) is 9.98 Å². The summed E-state index contributed by atoms with van der Waals surface area (Å²) >= 11 is 0. The maximum atomic E-state index is 5.94. The summed E-state index contributed by atoms with van der Waals surface area (Å²) in [7, 11) is 0. The molecule has 0 amide bonds. The van der Waals surface area contributed by atoms with Gasteiger partial charge in [0, 0.05) is 25.8 Å². The van der Waals surface area contributed by atoms with E-state index < -0.39 is 0 Å². The van der Waals surface area contributed by atoms with E-state index in [1.807, 2.05) is 6.20 Å². The fourth-order valence-corrected chi connectivity index (χ4v) is 3.08. The zero-order valence-electron chi connectivity index (χ0n) is 16.4. The van der Waals surface area contributed by atoms with Crippen molar-refractivity contribution in [2.24, 2.45) is 10.7 Å². The Morgan fingerprint density at radius 3 is 2.85 bits per heavy atom. The molecule has 0 aliphatic carbocycles. The Labute approximate surface area is 158 Å². The van der Waals surface area contributed by atoms with Crippen molar-refractivity contribution in [3.05, 3.63) is 23.9 Å². The van der Waals surface area contributed by atoms with Gasteiger partial charge in [-0.15, -0.1) is 0 Å². The average Bonchev–Trinajstić information content (AvgIpc) is 2.66. The molecule has 26 heavy (non-hydrogen) atoms. The molecule has 0 saturated carbocycles. The third-order valence-corrected chi connectivity index (χ3v) is 4.64. The first kappa shape index (κ1) is 20.5. The van der Waals surface area contributed by atoms with Gasteiger partial charge in [-0.05, 0) is 25.0 Å². The number of aliphatic imine (C=N–C) groups is 1. The van der Waals surface area contributed by atoms with E-state index >= 15 is 0 Å². The second-order valence-corrected chi connectivity index (χ2v) is 7.05. The smallest absolute Gasteiger partial charge is 0.188 e. The van der Waals surface area contributed by atoms with Gasteiger partial charge in [-0.3, -0.25) is 0 Å². The highest BCUT2D eigenvalue weighted by molar-refractivity contribution is 5.77. The molecule has 0 aromatic carbocycles. The quantitative estimate of drug-likeness (QED) is 0.380. The van der Waals surface area contributed by atoms with Crippen LogP contribution in [-0.2, 0) is 11.3 Å². The van der Waals surface area contributed by atoms with Crippen molar-refractivity contribution in [2.75, 3.05) is 31.1 Å². The molecule has 3 N–H and O–H groups in total. The molecule has 0 spiro atoms. The van der Waals surface area contributed by atoms with Gasteiger partial charge in [0.1, 0.15) is 5.82 Å². The molecule has 1 unspecified atom stereocenters. The van der Waals surface area contributed by atoms with Crippen LogP contribution >= 0.6 is 0 Å². The second-order valence-electron chi connectivity index (χ2n) is 7.05. The summed E-state index contributed by atoms with van der Waals surface area (Å²) in [4.78, 5) is 11.2. The summed E-state index contributed by atoms with van der Waals surface area (Å²) in [6, 6.07) is 4.13. The lowest BCUT2D eigenvalue weighted by atomic mass is 10.1. The van der Waals surface area contributed by atoms with Crippen LogP contribution in [0.2, 0.25) is 0 Å². The number of guanidine groups is 1. The largest absolute Gasteiger partial charge is 0.375 e. The van der Waals surface area contributed by atoms with Gasteiger partial charge < -0.3 is 20.7 Å². The lowest BCUT2D eigenvalue weighted by molar-refractivity contribution is 0.0529. The minimum atomic E-state index is 0.257. The van der Waals surface area contributed by atoms with E-state index in [4.69, 9.17) is 10.5 Å².